The van der Waals surface area contributed by atoms with Crippen molar-refractivity contribution in [3.05, 3.63) is 0 Å². The standard InChI is InChI=1S/C6H14O5.C2H6O2/c7-1-5(9)3-11-4-6(10)2-8;3-1-2-4/h5-10H,1-4H2;3-4H,1-2H2. The summed E-state index contributed by atoms with van der Waals surface area (Å²) in [6, 6.07) is 0. The zero-order valence-corrected chi connectivity index (χ0v) is 8.49. The van der Waals surface area contributed by atoms with Gasteiger partial charge in [-0.3, -0.25) is 0 Å². The molecule has 0 bridgehead atoms. The molecule has 0 radical (unpaired) electrons. The van der Waals surface area contributed by atoms with E-state index in [0.717, 1.165) is 0 Å². The van der Waals surface area contributed by atoms with Crippen molar-refractivity contribution in [1.29, 1.82) is 0 Å². The lowest BCUT2D eigenvalue weighted by Gasteiger charge is -2.10. The van der Waals surface area contributed by atoms with Gasteiger partial charge in [-0.15, -0.1) is 0 Å². The molecule has 0 aliphatic rings. The van der Waals surface area contributed by atoms with E-state index >= 15 is 0 Å². The molecule has 0 aromatic carbocycles. The molecular formula is C8H20O7. The average Bonchev–Trinajstić information content (AvgIpc) is 2.28. The van der Waals surface area contributed by atoms with Gasteiger partial charge in [0.2, 0.25) is 0 Å². The van der Waals surface area contributed by atoms with E-state index < -0.39 is 12.2 Å². The highest BCUT2D eigenvalue weighted by atomic mass is 16.5. The summed E-state index contributed by atoms with van der Waals surface area (Å²) in [6.07, 6.45) is -1.83. The van der Waals surface area contributed by atoms with Crippen LogP contribution in [-0.4, -0.2) is 82.5 Å². The van der Waals surface area contributed by atoms with Crippen LogP contribution in [0.2, 0.25) is 0 Å². The summed E-state index contributed by atoms with van der Waals surface area (Å²) in [6.45, 7) is -1.05. The van der Waals surface area contributed by atoms with Gasteiger partial charge >= 0.3 is 0 Å². The highest BCUT2D eigenvalue weighted by molar-refractivity contribution is 4.52. The van der Waals surface area contributed by atoms with E-state index in [2.05, 4.69) is 0 Å². The number of aliphatic hydroxyl groups excluding tert-OH is 6. The summed E-state index contributed by atoms with van der Waals surface area (Å²) in [5.74, 6) is 0. The number of rotatable bonds is 7. The molecule has 0 aromatic heterocycles. The molecule has 0 heterocycles. The Labute approximate surface area is 88.2 Å². The number of hydrogen-bond donors (Lipinski definition) is 6. The van der Waals surface area contributed by atoms with Crippen molar-refractivity contribution in [2.75, 3.05) is 39.6 Å². The van der Waals surface area contributed by atoms with E-state index in [1.807, 2.05) is 0 Å². The van der Waals surface area contributed by atoms with Gasteiger partial charge in [0.1, 0.15) is 12.2 Å². The minimum Gasteiger partial charge on any atom is -0.394 e. The molecule has 6 N–H and O–H groups in total. The van der Waals surface area contributed by atoms with Crippen LogP contribution in [0.5, 0.6) is 0 Å². The van der Waals surface area contributed by atoms with Crippen molar-refractivity contribution in [1.82, 2.24) is 0 Å². The second-order valence-electron chi connectivity index (χ2n) is 2.66. The summed E-state index contributed by atoms with van der Waals surface area (Å²) < 4.78 is 4.72. The molecule has 0 aromatic rings. The Hall–Kier alpha value is -0.280. The van der Waals surface area contributed by atoms with Gasteiger partial charge in [-0.2, -0.15) is 0 Å². The first-order valence-corrected chi connectivity index (χ1v) is 4.49. The average molecular weight is 228 g/mol. The predicted octanol–water partition coefficient (Wildman–Crippen LogP) is -3.32. The van der Waals surface area contributed by atoms with Crippen molar-refractivity contribution in [3.8, 4) is 0 Å². The van der Waals surface area contributed by atoms with E-state index in [4.69, 9.17) is 35.4 Å². The van der Waals surface area contributed by atoms with Crippen LogP contribution in [0.1, 0.15) is 0 Å². The summed E-state index contributed by atoms with van der Waals surface area (Å²) in [4.78, 5) is 0. The second-order valence-corrected chi connectivity index (χ2v) is 2.66. The Bertz CT molecular complexity index is 99.2. The first kappa shape index (κ1) is 17.1. The molecule has 7 heteroatoms. The van der Waals surface area contributed by atoms with Crippen molar-refractivity contribution >= 4 is 0 Å². The Morgan fingerprint density at radius 1 is 0.733 bits per heavy atom. The summed E-state index contributed by atoms with van der Waals surface area (Å²) in [5.41, 5.74) is 0. The lowest BCUT2D eigenvalue weighted by atomic mass is 10.4. The van der Waals surface area contributed by atoms with Gasteiger partial charge in [-0.1, -0.05) is 0 Å². The lowest BCUT2D eigenvalue weighted by molar-refractivity contribution is -0.0364. The Morgan fingerprint density at radius 3 is 1.27 bits per heavy atom. The molecule has 0 rings (SSSR count). The van der Waals surface area contributed by atoms with Crippen molar-refractivity contribution in [2.45, 2.75) is 12.2 Å². The third kappa shape index (κ3) is 16.4. The van der Waals surface area contributed by atoms with Gasteiger partial charge in [0.25, 0.3) is 0 Å². The van der Waals surface area contributed by atoms with Gasteiger partial charge < -0.3 is 35.4 Å². The van der Waals surface area contributed by atoms with Gasteiger partial charge in [0, 0.05) is 0 Å². The molecule has 2 atom stereocenters. The fourth-order valence-electron chi connectivity index (χ4n) is 0.446. The maximum absolute atomic E-state index is 8.72. The van der Waals surface area contributed by atoms with E-state index in [-0.39, 0.29) is 39.6 Å². The zero-order valence-electron chi connectivity index (χ0n) is 8.49. The third-order valence-electron chi connectivity index (χ3n) is 1.14. The van der Waals surface area contributed by atoms with E-state index in [1.165, 1.54) is 0 Å². The highest BCUT2D eigenvalue weighted by Gasteiger charge is 2.04. The van der Waals surface area contributed by atoms with Crippen LogP contribution in [0.3, 0.4) is 0 Å². The maximum Gasteiger partial charge on any atom is 0.100 e. The summed E-state index contributed by atoms with van der Waals surface area (Å²) in [5, 5.41) is 49.3. The van der Waals surface area contributed by atoms with Crippen LogP contribution in [0.25, 0.3) is 0 Å². The number of aliphatic hydroxyl groups is 6. The van der Waals surface area contributed by atoms with Gasteiger partial charge in [-0.05, 0) is 0 Å². The number of ether oxygens (including phenoxy) is 1. The van der Waals surface area contributed by atoms with E-state index in [0.29, 0.717) is 0 Å². The summed E-state index contributed by atoms with van der Waals surface area (Å²) >= 11 is 0. The quantitative estimate of drug-likeness (QED) is 0.269. The van der Waals surface area contributed by atoms with Crippen LogP contribution in [0.4, 0.5) is 0 Å². The van der Waals surface area contributed by atoms with Crippen LogP contribution >= 0.6 is 0 Å². The second kappa shape index (κ2) is 13.7. The van der Waals surface area contributed by atoms with E-state index in [9.17, 15) is 0 Å². The normalized spacial score (nSPS) is 14.0. The smallest absolute Gasteiger partial charge is 0.100 e. The molecule has 0 saturated carbocycles. The van der Waals surface area contributed by atoms with Crippen LogP contribution in [0, 0.1) is 0 Å². The molecule has 7 nitrogen and oxygen atoms in total. The van der Waals surface area contributed by atoms with Crippen molar-refractivity contribution in [3.63, 3.8) is 0 Å². The molecule has 0 fully saturated rings. The topological polar surface area (TPSA) is 131 Å². The van der Waals surface area contributed by atoms with Gasteiger partial charge in [0.15, 0.2) is 0 Å². The molecule has 0 amide bonds. The fourth-order valence-corrected chi connectivity index (χ4v) is 0.446. The van der Waals surface area contributed by atoms with Crippen LogP contribution < -0.4 is 0 Å². The molecule has 0 spiro atoms. The van der Waals surface area contributed by atoms with Gasteiger partial charge in [0.05, 0.1) is 39.6 Å². The van der Waals surface area contributed by atoms with Crippen molar-refractivity contribution < 1.29 is 35.4 Å². The maximum atomic E-state index is 8.72. The fraction of sp³-hybridized carbons (Fsp3) is 1.00. The summed E-state index contributed by atoms with van der Waals surface area (Å²) in [7, 11) is 0. The molecule has 2 unspecified atom stereocenters. The number of hydrogen-bond acceptors (Lipinski definition) is 7. The van der Waals surface area contributed by atoms with Crippen LogP contribution in [-0.2, 0) is 4.74 Å². The third-order valence-corrected chi connectivity index (χ3v) is 1.14. The Balaban J connectivity index is 0. The largest absolute Gasteiger partial charge is 0.394 e. The monoisotopic (exact) mass is 228 g/mol. The molecule has 94 valence electrons. The first-order valence-electron chi connectivity index (χ1n) is 4.49. The predicted molar refractivity (Wildman–Crippen MR) is 51.2 cm³/mol. The molecular weight excluding hydrogens is 208 g/mol. The van der Waals surface area contributed by atoms with Crippen LogP contribution in [0.15, 0.2) is 0 Å². The molecule has 0 aliphatic carbocycles. The van der Waals surface area contributed by atoms with Crippen molar-refractivity contribution in [2.24, 2.45) is 0 Å². The first-order chi connectivity index (χ1) is 7.12. The lowest BCUT2D eigenvalue weighted by Crippen LogP contribution is -2.25. The molecule has 0 saturated heterocycles. The van der Waals surface area contributed by atoms with Gasteiger partial charge in [-0.25, -0.2) is 0 Å². The molecule has 15 heavy (non-hydrogen) atoms. The highest BCUT2D eigenvalue weighted by Crippen LogP contribution is 1.87. The SMILES string of the molecule is OCC(O)COCC(O)CO.OCCO. The molecule has 0 aliphatic heterocycles. The Kier molecular flexibility index (Phi) is 15.7. The minimum atomic E-state index is -0.916. The minimum absolute atomic E-state index is 0.0342. The van der Waals surface area contributed by atoms with E-state index in [1.54, 1.807) is 0 Å². The zero-order chi connectivity index (χ0) is 12.1. The Morgan fingerprint density at radius 2 is 1.07 bits per heavy atom.